The average Bonchev–Trinajstić information content (AvgIpc) is 2.63. The second-order valence-corrected chi connectivity index (χ2v) is 6.25. The maximum atomic E-state index is 12.2. The van der Waals surface area contributed by atoms with Crippen LogP contribution in [0.4, 0.5) is 10.5 Å². The number of aromatic nitrogens is 1. The average molecular weight is 340 g/mol. The van der Waals surface area contributed by atoms with E-state index in [1.54, 1.807) is 25.4 Å². The molecule has 1 saturated heterocycles. The van der Waals surface area contributed by atoms with Crippen LogP contribution < -0.4 is 15.4 Å². The van der Waals surface area contributed by atoms with Crippen molar-refractivity contribution in [3.8, 4) is 5.88 Å². The highest BCUT2D eigenvalue weighted by Gasteiger charge is 2.21. The van der Waals surface area contributed by atoms with E-state index < -0.39 is 0 Å². The van der Waals surface area contributed by atoms with Gasteiger partial charge in [-0.3, -0.25) is 4.90 Å². The molecule has 0 unspecified atom stereocenters. The minimum atomic E-state index is -0.196. The standard InChI is InChI=1S/C19H24N4O2/c1-25-18-10-9-16(12-20-18)21-19(24)22-17-8-5-11-23(14-17)13-15-6-3-2-4-7-15/h2-4,6-7,9-10,12,17H,5,8,11,13-14H2,1H3,(H2,21,22,24)/t17-/m0/s1. The van der Waals surface area contributed by atoms with Crippen molar-refractivity contribution in [2.45, 2.75) is 25.4 Å². The maximum absolute atomic E-state index is 12.2. The van der Waals surface area contributed by atoms with Gasteiger partial charge in [-0.25, -0.2) is 9.78 Å². The minimum Gasteiger partial charge on any atom is -0.481 e. The Morgan fingerprint density at radius 1 is 1.28 bits per heavy atom. The van der Waals surface area contributed by atoms with Crippen LogP contribution >= 0.6 is 0 Å². The molecule has 25 heavy (non-hydrogen) atoms. The zero-order valence-corrected chi connectivity index (χ0v) is 14.4. The highest BCUT2D eigenvalue weighted by molar-refractivity contribution is 5.89. The summed E-state index contributed by atoms with van der Waals surface area (Å²) in [6, 6.07) is 13.9. The molecule has 1 aromatic heterocycles. The topological polar surface area (TPSA) is 66.5 Å². The van der Waals surface area contributed by atoms with E-state index in [9.17, 15) is 4.79 Å². The molecule has 2 N–H and O–H groups in total. The fourth-order valence-electron chi connectivity index (χ4n) is 3.09. The van der Waals surface area contributed by atoms with Crippen molar-refractivity contribution >= 4 is 11.7 Å². The summed E-state index contributed by atoms with van der Waals surface area (Å²) in [5.41, 5.74) is 1.95. The molecule has 1 atom stereocenters. The molecule has 1 aliphatic heterocycles. The Morgan fingerprint density at radius 3 is 2.84 bits per heavy atom. The van der Waals surface area contributed by atoms with Crippen molar-refractivity contribution in [3.05, 3.63) is 54.2 Å². The predicted octanol–water partition coefficient (Wildman–Crippen LogP) is 2.88. The minimum absolute atomic E-state index is 0.156. The summed E-state index contributed by atoms with van der Waals surface area (Å²) in [4.78, 5) is 18.7. The van der Waals surface area contributed by atoms with Crippen LogP contribution in [-0.4, -0.2) is 42.2 Å². The van der Waals surface area contributed by atoms with Crippen molar-refractivity contribution in [3.63, 3.8) is 0 Å². The number of likely N-dealkylation sites (tertiary alicyclic amines) is 1. The van der Waals surface area contributed by atoms with Gasteiger partial charge in [0.05, 0.1) is 19.0 Å². The monoisotopic (exact) mass is 340 g/mol. The largest absolute Gasteiger partial charge is 0.481 e. The summed E-state index contributed by atoms with van der Waals surface area (Å²) in [5, 5.41) is 5.88. The number of amides is 2. The van der Waals surface area contributed by atoms with Gasteiger partial charge in [0.15, 0.2) is 0 Å². The first-order valence-corrected chi connectivity index (χ1v) is 8.57. The molecule has 6 nitrogen and oxygen atoms in total. The van der Waals surface area contributed by atoms with Crippen LogP contribution in [-0.2, 0) is 6.54 Å². The van der Waals surface area contributed by atoms with Gasteiger partial charge in [0.25, 0.3) is 0 Å². The van der Waals surface area contributed by atoms with Crippen LogP contribution in [0.3, 0.4) is 0 Å². The highest BCUT2D eigenvalue weighted by Crippen LogP contribution is 2.15. The lowest BCUT2D eigenvalue weighted by atomic mass is 10.0. The third kappa shape index (κ3) is 5.19. The number of carbonyl (C=O) groups excluding carboxylic acids is 1. The number of rotatable bonds is 5. The van der Waals surface area contributed by atoms with E-state index in [1.165, 1.54) is 5.56 Å². The van der Waals surface area contributed by atoms with Crippen LogP contribution in [0.15, 0.2) is 48.7 Å². The molecule has 2 aromatic rings. The zero-order chi connectivity index (χ0) is 17.5. The van der Waals surface area contributed by atoms with Crippen LogP contribution in [0.5, 0.6) is 5.88 Å². The van der Waals surface area contributed by atoms with Gasteiger partial charge in [-0.1, -0.05) is 30.3 Å². The van der Waals surface area contributed by atoms with Crippen molar-refractivity contribution in [1.82, 2.24) is 15.2 Å². The summed E-state index contributed by atoms with van der Waals surface area (Å²) >= 11 is 0. The van der Waals surface area contributed by atoms with E-state index in [2.05, 4.69) is 44.8 Å². The molecule has 0 bridgehead atoms. The number of nitrogens with one attached hydrogen (secondary N) is 2. The van der Waals surface area contributed by atoms with Gasteiger partial charge in [-0.2, -0.15) is 0 Å². The molecule has 0 aliphatic carbocycles. The number of urea groups is 1. The first-order chi connectivity index (χ1) is 12.2. The summed E-state index contributed by atoms with van der Waals surface area (Å²) in [5.74, 6) is 0.523. The second kappa shape index (κ2) is 8.48. The number of hydrogen-bond acceptors (Lipinski definition) is 4. The molecular weight excluding hydrogens is 316 g/mol. The first kappa shape index (κ1) is 17.2. The molecule has 0 saturated carbocycles. The number of methoxy groups -OCH3 is 1. The van der Waals surface area contributed by atoms with Crippen molar-refractivity contribution in [2.24, 2.45) is 0 Å². The molecule has 1 aromatic carbocycles. The number of pyridine rings is 1. The van der Waals surface area contributed by atoms with Crippen LogP contribution in [0.2, 0.25) is 0 Å². The molecule has 6 heteroatoms. The number of anilines is 1. The molecule has 0 spiro atoms. The highest BCUT2D eigenvalue weighted by atomic mass is 16.5. The van der Waals surface area contributed by atoms with E-state index in [0.717, 1.165) is 32.5 Å². The van der Waals surface area contributed by atoms with Crippen LogP contribution in [0.1, 0.15) is 18.4 Å². The van der Waals surface area contributed by atoms with Gasteiger partial charge < -0.3 is 15.4 Å². The van der Waals surface area contributed by atoms with E-state index >= 15 is 0 Å². The Kier molecular flexibility index (Phi) is 5.85. The maximum Gasteiger partial charge on any atom is 0.319 e. The molecule has 132 valence electrons. The Bertz CT molecular complexity index is 676. The van der Waals surface area contributed by atoms with Crippen LogP contribution in [0.25, 0.3) is 0 Å². The van der Waals surface area contributed by atoms with Gasteiger partial charge in [0.2, 0.25) is 5.88 Å². The third-order valence-corrected chi connectivity index (χ3v) is 4.29. The lowest BCUT2D eigenvalue weighted by molar-refractivity contribution is 0.183. The van der Waals surface area contributed by atoms with Crippen LogP contribution in [0, 0.1) is 0 Å². The summed E-state index contributed by atoms with van der Waals surface area (Å²) < 4.78 is 5.01. The third-order valence-electron chi connectivity index (χ3n) is 4.29. The Balaban J connectivity index is 1.48. The van der Waals surface area contributed by atoms with Gasteiger partial charge in [0, 0.05) is 25.2 Å². The smallest absolute Gasteiger partial charge is 0.319 e. The molecule has 2 amide bonds. The molecule has 3 rings (SSSR count). The van der Waals surface area contributed by atoms with Gasteiger partial charge in [-0.15, -0.1) is 0 Å². The second-order valence-electron chi connectivity index (χ2n) is 6.25. The Labute approximate surface area is 148 Å². The fraction of sp³-hybridized carbons (Fsp3) is 0.368. The van der Waals surface area contributed by atoms with E-state index in [1.807, 2.05) is 6.07 Å². The van der Waals surface area contributed by atoms with Gasteiger partial charge in [0.1, 0.15) is 0 Å². The van der Waals surface area contributed by atoms with Gasteiger partial charge >= 0.3 is 6.03 Å². The van der Waals surface area contributed by atoms with E-state index in [0.29, 0.717) is 11.6 Å². The van der Waals surface area contributed by atoms with Crippen molar-refractivity contribution in [2.75, 3.05) is 25.5 Å². The zero-order valence-electron chi connectivity index (χ0n) is 14.4. The summed E-state index contributed by atoms with van der Waals surface area (Å²) in [6.07, 6.45) is 3.67. The molecule has 1 fully saturated rings. The molecule has 2 heterocycles. The summed E-state index contributed by atoms with van der Waals surface area (Å²) in [7, 11) is 1.56. The Morgan fingerprint density at radius 2 is 2.12 bits per heavy atom. The number of benzene rings is 1. The van der Waals surface area contributed by atoms with Crippen molar-refractivity contribution < 1.29 is 9.53 Å². The van der Waals surface area contributed by atoms with E-state index in [4.69, 9.17) is 4.74 Å². The quantitative estimate of drug-likeness (QED) is 0.878. The Hall–Kier alpha value is -2.60. The number of hydrogen-bond donors (Lipinski definition) is 2. The van der Waals surface area contributed by atoms with Gasteiger partial charge in [-0.05, 0) is 31.0 Å². The predicted molar refractivity (Wildman–Crippen MR) is 97.7 cm³/mol. The molecular formula is C19H24N4O2. The normalized spacial score (nSPS) is 17.7. The molecule has 0 radical (unpaired) electrons. The number of carbonyl (C=O) groups is 1. The summed E-state index contributed by atoms with van der Waals surface area (Å²) in [6.45, 7) is 2.85. The lowest BCUT2D eigenvalue weighted by Crippen LogP contribution is -2.48. The number of nitrogens with zero attached hydrogens (tertiary/aromatic N) is 2. The SMILES string of the molecule is COc1ccc(NC(=O)N[C@H]2CCCN(Cc3ccccc3)C2)cn1. The van der Waals surface area contributed by atoms with Crippen molar-refractivity contribution in [1.29, 1.82) is 0 Å². The lowest BCUT2D eigenvalue weighted by Gasteiger charge is -2.33. The number of piperidine rings is 1. The van der Waals surface area contributed by atoms with E-state index in [-0.39, 0.29) is 12.1 Å². The fourth-order valence-corrected chi connectivity index (χ4v) is 3.09. The first-order valence-electron chi connectivity index (χ1n) is 8.57. The molecule has 1 aliphatic rings. The number of ether oxygens (including phenoxy) is 1.